The number of carbonyl (C=O) groups excluding carboxylic acids is 1. The molecule has 0 spiro atoms. The number of benzene rings is 1. The van der Waals surface area contributed by atoms with E-state index in [2.05, 4.69) is 15.2 Å². The number of hydrogen-bond acceptors (Lipinski definition) is 5. The van der Waals surface area contributed by atoms with Crippen molar-refractivity contribution in [1.82, 2.24) is 15.2 Å². The molecule has 0 radical (unpaired) electrons. The molecule has 2 aromatic rings. The third-order valence-electron chi connectivity index (χ3n) is 3.43. The summed E-state index contributed by atoms with van der Waals surface area (Å²) in [5.74, 6) is -0.341. The van der Waals surface area contributed by atoms with Gasteiger partial charge in [-0.1, -0.05) is 34.4 Å². The summed E-state index contributed by atoms with van der Waals surface area (Å²) in [4.78, 5) is 12.1. The minimum Gasteiger partial charge on any atom is -0.360 e. The highest BCUT2D eigenvalue weighted by molar-refractivity contribution is 7.89. The Morgan fingerprint density at radius 2 is 2.00 bits per heavy atom. The summed E-state index contributed by atoms with van der Waals surface area (Å²) in [5.41, 5.74) is 0.894. The van der Waals surface area contributed by atoms with Crippen molar-refractivity contribution in [2.45, 2.75) is 38.3 Å². The number of amides is 1. The molecule has 0 bridgehead atoms. The molecule has 1 amide bonds. The van der Waals surface area contributed by atoms with Crippen LogP contribution in [0.25, 0.3) is 0 Å². The molecule has 0 unspecified atom stereocenters. The Hall–Kier alpha value is -1.61. The van der Waals surface area contributed by atoms with Gasteiger partial charge < -0.3 is 9.84 Å². The lowest BCUT2D eigenvalue weighted by molar-refractivity contribution is -0.122. The van der Waals surface area contributed by atoms with Crippen molar-refractivity contribution in [3.05, 3.63) is 45.3 Å². The summed E-state index contributed by atoms with van der Waals surface area (Å²) < 4.78 is 31.9. The highest BCUT2D eigenvalue weighted by atomic mass is 35.5. The van der Waals surface area contributed by atoms with Crippen molar-refractivity contribution in [3.63, 3.8) is 0 Å². The van der Waals surface area contributed by atoms with E-state index >= 15 is 0 Å². The number of rotatable bonds is 6. The van der Waals surface area contributed by atoms with Crippen LogP contribution >= 0.6 is 23.2 Å². The minimum absolute atomic E-state index is 0.0621. The van der Waals surface area contributed by atoms with Gasteiger partial charge in [-0.25, -0.2) is 8.42 Å². The number of halogens is 2. The lowest BCUT2D eigenvalue weighted by Gasteiger charge is -2.14. The fourth-order valence-corrected chi connectivity index (χ4v) is 4.21. The Labute approximate surface area is 155 Å². The van der Waals surface area contributed by atoms with E-state index in [4.69, 9.17) is 27.7 Å². The topological polar surface area (TPSA) is 101 Å². The van der Waals surface area contributed by atoms with Gasteiger partial charge in [0.2, 0.25) is 15.9 Å². The largest absolute Gasteiger partial charge is 0.360 e. The lowest BCUT2D eigenvalue weighted by Crippen LogP contribution is -2.44. The quantitative estimate of drug-likeness (QED) is 0.768. The Morgan fingerprint density at radius 3 is 2.56 bits per heavy atom. The van der Waals surface area contributed by atoms with Crippen molar-refractivity contribution in [2.24, 2.45) is 0 Å². The molecule has 0 aliphatic rings. The van der Waals surface area contributed by atoms with Crippen LogP contribution < -0.4 is 10.0 Å². The molecule has 1 aromatic heterocycles. The summed E-state index contributed by atoms with van der Waals surface area (Å²) in [6, 6.07) is 3.90. The molecule has 0 fully saturated rings. The maximum absolute atomic E-state index is 12.4. The SMILES string of the molecule is Cc1noc(C)c1S(=O)(=O)N[C@H](C)C(=O)NCc1ccc(Cl)cc1Cl. The average molecular weight is 406 g/mol. The fraction of sp³-hybridized carbons (Fsp3) is 0.333. The first-order valence-corrected chi connectivity index (χ1v) is 9.52. The highest BCUT2D eigenvalue weighted by Gasteiger charge is 2.28. The molecule has 1 atom stereocenters. The van der Waals surface area contributed by atoms with Gasteiger partial charge in [-0.2, -0.15) is 4.72 Å². The zero-order valence-corrected chi connectivity index (χ0v) is 16.1. The van der Waals surface area contributed by atoms with Crippen molar-refractivity contribution in [2.75, 3.05) is 0 Å². The zero-order valence-electron chi connectivity index (χ0n) is 13.8. The summed E-state index contributed by atoms with van der Waals surface area (Å²) >= 11 is 11.9. The van der Waals surface area contributed by atoms with Crippen LogP contribution in [0.3, 0.4) is 0 Å². The van der Waals surface area contributed by atoms with E-state index in [0.717, 1.165) is 0 Å². The van der Waals surface area contributed by atoms with Gasteiger partial charge in [0.1, 0.15) is 10.6 Å². The van der Waals surface area contributed by atoms with Crippen LogP contribution in [0.4, 0.5) is 0 Å². The zero-order chi connectivity index (χ0) is 18.8. The van der Waals surface area contributed by atoms with E-state index in [1.807, 2.05) is 0 Å². The Kier molecular flexibility index (Phi) is 6.10. The molecule has 0 aliphatic carbocycles. The normalized spacial score (nSPS) is 12.8. The Balaban J connectivity index is 2.03. The smallest absolute Gasteiger partial charge is 0.246 e. The van der Waals surface area contributed by atoms with Crippen LogP contribution in [0.2, 0.25) is 10.0 Å². The monoisotopic (exact) mass is 405 g/mol. The minimum atomic E-state index is -3.93. The van der Waals surface area contributed by atoms with Gasteiger partial charge in [0, 0.05) is 16.6 Å². The first-order chi connectivity index (χ1) is 11.6. The molecule has 1 heterocycles. The number of aromatic nitrogens is 1. The molecule has 0 saturated carbocycles. The number of nitrogens with zero attached hydrogens (tertiary/aromatic N) is 1. The number of carbonyl (C=O) groups is 1. The maximum Gasteiger partial charge on any atom is 0.246 e. The Morgan fingerprint density at radius 1 is 1.32 bits per heavy atom. The third kappa shape index (κ3) is 4.72. The average Bonchev–Trinajstić information content (AvgIpc) is 2.85. The maximum atomic E-state index is 12.4. The van der Waals surface area contributed by atoms with Gasteiger partial charge in [0.05, 0.1) is 6.04 Å². The van der Waals surface area contributed by atoms with Crippen molar-refractivity contribution < 1.29 is 17.7 Å². The number of sulfonamides is 1. The van der Waals surface area contributed by atoms with Crippen molar-refractivity contribution >= 4 is 39.1 Å². The number of nitrogens with one attached hydrogen (secondary N) is 2. The van der Waals surface area contributed by atoms with E-state index in [0.29, 0.717) is 15.6 Å². The van der Waals surface area contributed by atoms with Gasteiger partial charge in [0.15, 0.2) is 5.76 Å². The highest BCUT2D eigenvalue weighted by Crippen LogP contribution is 2.21. The van der Waals surface area contributed by atoms with E-state index in [9.17, 15) is 13.2 Å². The molecule has 0 aliphatic heterocycles. The molecular formula is C15H17Cl2N3O4S. The number of hydrogen-bond donors (Lipinski definition) is 2. The third-order valence-corrected chi connectivity index (χ3v) is 5.80. The van der Waals surface area contributed by atoms with Gasteiger partial charge in [-0.05, 0) is 38.5 Å². The second kappa shape index (κ2) is 7.74. The van der Waals surface area contributed by atoms with E-state index in [1.54, 1.807) is 18.2 Å². The second-order valence-electron chi connectivity index (χ2n) is 5.45. The first kappa shape index (κ1) is 19.7. The van der Waals surface area contributed by atoms with Gasteiger partial charge in [0.25, 0.3) is 0 Å². The van der Waals surface area contributed by atoms with Crippen LogP contribution in [-0.2, 0) is 21.4 Å². The second-order valence-corrected chi connectivity index (χ2v) is 7.94. The molecular weight excluding hydrogens is 389 g/mol. The molecule has 10 heteroatoms. The molecule has 25 heavy (non-hydrogen) atoms. The lowest BCUT2D eigenvalue weighted by atomic mass is 10.2. The first-order valence-electron chi connectivity index (χ1n) is 7.28. The molecule has 136 valence electrons. The summed E-state index contributed by atoms with van der Waals surface area (Å²) in [7, 11) is -3.93. The van der Waals surface area contributed by atoms with E-state index in [1.165, 1.54) is 20.8 Å². The molecule has 2 N–H and O–H groups in total. The van der Waals surface area contributed by atoms with Crippen LogP contribution in [0.1, 0.15) is 23.9 Å². The fourth-order valence-electron chi connectivity index (χ4n) is 2.20. The summed E-state index contributed by atoms with van der Waals surface area (Å²) in [6.07, 6.45) is 0. The Bertz CT molecular complexity index is 877. The molecule has 1 aromatic carbocycles. The van der Waals surface area contributed by atoms with E-state index < -0.39 is 22.0 Å². The van der Waals surface area contributed by atoms with Crippen LogP contribution in [-0.4, -0.2) is 25.5 Å². The molecule has 0 saturated heterocycles. The predicted octanol–water partition coefficient (Wildman–Crippen LogP) is 2.58. The van der Waals surface area contributed by atoms with Crippen LogP contribution in [0.15, 0.2) is 27.6 Å². The molecule has 2 rings (SSSR count). The number of aryl methyl sites for hydroxylation is 2. The van der Waals surface area contributed by atoms with Crippen molar-refractivity contribution in [1.29, 1.82) is 0 Å². The standard InChI is InChI=1S/C15H17Cl2N3O4S/c1-8-14(10(3)24-19-8)25(22,23)20-9(2)15(21)18-7-11-4-5-12(16)6-13(11)17/h4-6,9,20H,7H2,1-3H3,(H,18,21)/t9-/m1/s1. The van der Waals surface area contributed by atoms with Gasteiger partial charge in [-0.15, -0.1) is 0 Å². The summed E-state index contributed by atoms with van der Waals surface area (Å²) in [6.45, 7) is 4.58. The van der Waals surface area contributed by atoms with Gasteiger partial charge in [-0.3, -0.25) is 4.79 Å². The summed E-state index contributed by atoms with van der Waals surface area (Å²) in [5, 5.41) is 7.13. The molecule has 7 nitrogen and oxygen atoms in total. The predicted molar refractivity (Wildman–Crippen MR) is 94.1 cm³/mol. The van der Waals surface area contributed by atoms with Gasteiger partial charge >= 0.3 is 0 Å². The van der Waals surface area contributed by atoms with Crippen molar-refractivity contribution in [3.8, 4) is 0 Å². The van der Waals surface area contributed by atoms with E-state index in [-0.39, 0.29) is 22.9 Å². The van der Waals surface area contributed by atoms with Crippen LogP contribution in [0, 0.1) is 13.8 Å². The van der Waals surface area contributed by atoms with Crippen LogP contribution in [0.5, 0.6) is 0 Å².